The summed E-state index contributed by atoms with van der Waals surface area (Å²) in [5, 5.41) is 3.79. The Bertz CT molecular complexity index is 193. The Balaban J connectivity index is 2.25. The van der Waals surface area contributed by atoms with Crippen molar-refractivity contribution in [3.05, 3.63) is 0 Å². The number of piperidine rings is 1. The Kier molecular flexibility index (Phi) is 2.40. The predicted molar refractivity (Wildman–Crippen MR) is 60.2 cm³/mol. The number of thioether (sulfide) groups is 1. The minimum Gasteiger partial charge on any atom is -0.310 e. The molecule has 1 saturated heterocycles. The van der Waals surface area contributed by atoms with Crippen molar-refractivity contribution in [3.63, 3.8) is 0 Å². The lowest BCUT2D eigenvalue weighted by molar-refractivity contribution is 0.0907. The van der Waals surface area contributed by atoms with E-state index in [4.69, 9.17) is 0 Å². The maximum atomic E-state index is 3.79. The number of hydrogen-bond acceptors (Lipinski definition) is 2. The van der Waals surface area contributed by atoms with E-state index in [0.717, 1.165) is 5.92 Å². The average Bonchev–Trinajstić information content (AvgIpc) is 2.25. The first-order chi connectivity index (χ1) is 6.12. The zero-order valence-electron chi connectivity index (χ0n) is 9.02. The zero-order valence-corrected chi connectivity index (χ0v) is 9.84. The molecule has 0 amide bonds. The number of nitrogens with one attached hydrogen (secondary N) is 1. The quantitative estimate of drug-likeness (QED) is 0.733. The summed E-state index contributed by atoms with van der Waals surface area (Å²) in [6.07, 6.45) is 6.46. The SMILES string of the molecule is CSC[C@]12CC[C@H](CCN1)C2(C)C. The molecule has 1 aliphatic heterocycles. The average molecular weight is 199 g/mol. The van der Waals surface area contributed by atoms with Crippen LogP contribution >= 0.6 is 11.8 Å². The highest BCUT2D eigenvalue weighted by molar-refractivity contribution is 7.98. The lowest BCUT2D eigenvalue weighted by Gasteiger charge is -2.48. The molecule has 2 atom stereocenters. The Morgan fingerprint density at radius 2 is 2.15 bits per heavy atom. The van der Waals surface area contributed by atoms with Crippen LogP contribution < -0.4 is 5.32 Å². The van der Waals surface area contributed by atoms with E-state index < -0.39 is 0 Å². The van der Waals surface area contributed by atoms with Crippen molar-refractivity contribution >= 4 is 11.8 Å². The van der Waals surface area contributed by atoms with Crippen molar-refractivity contribution in [1.29, 1.82) is 0 Å². The Hall–Kier alpha value is 0.310. The van der Waals surface area contributed by atoms with Crippen LogP contribution in [0, 0.1) is 11.3 Å². The highest BCUT2D eigenvalue weighted by Crippen LogP contribution is 2.54. The predicted octanol–water partition coefficient (Wildman–Crippen LogP) is 2.52. The number of rotatable bonds is 2. The maximum absolute atomic E-state index is 3.79. The van der Waals surface area contributed by atoms with Gasteiger partial charge >= 0.3 is 0 Å². The molecule has 0 radical (unpaired) electrons. The number of fused-ring (bicyclic) bond motifs is 2. The van der Waals surface area contributed by atoms with E-state index in [1.165, 1.54) is 31.6 Å². The molecule has 2 fully saturated rings. The van der Waals surface area contributed by atoms with Crippen molar-refractivity contribution in [2.75, 3.05) is 18.6 Å². The molecule has 0 aromatic rings. The lowest BCUT2D eigenvalue weighted by Crippen LogP contribution is -2.59. The molecule has 1 aliphatic carbocycles. The molecule has 1 saturated carbocycles. The van der Waals surface area contributed by atoms with Crippen LogP contribution in [0.3, 0.4) is 0 Å². The van der Waals surface area contributed by atoms with Crippen LogP contribution in [-0.4, -0.2) is 24.1 Å². The van der Waals surface area contributed by atoms with Crippen molar-refractivity contribution in [1.82, 2.24) is 5.32 Å². The van der Waals surface area contributed by atoms with Gasteiger partial charge in [-0.15, -0.1) is 0 Å². The van der Waals surface area contributed by atoms with E-state index in [1.54, 1.807) is 0 Å². The van der Waals surface area contributed by atoms with E-state index in [2.05, 4.69) is 25.4 Å². The molecule has 13 heavy (non-hydrogen) atoms. The molecule has 0 aromatic carbocycles. The van der Waals surface area contributed by atoms with Crippen LogP contribution in [0.4, 0.5) is 0 Å². The molecule has 2 bridgehead atoms. The van der Waals surface area contributed by atoms with E-state index in [1.807, 2.05) is 11.8 Å². The Morgan fingerprint density at radius 1 is 1.38 bits per heavy atom. The molecule has 76 valence electrons. The fourth-order valence-corrected chi connectivity index (χ4v) is 4.47. The van der Waals surface area contributed by atoms with Gasteiger partial charge in [0.25, 0.3) is 0 Å². The monoisotopic (exact) mass is 199 g/mol. The van der Waals surface area contributed by atoms with Crippen LogP contribution in [0.2, 0.25) is 0 Å². The largest absolute Gasteiger partial charge is 0.310 e. The van der Waals surface area contributed by atoms with Crippen molar-refractivity contribution in [2.24, 2.45) is 11.3 Å². The molecule has 1 N–H and O–H groups in total. The smallest absolute Gasteiger partial charge is 0.0325 e. The van der Waals surface area contributed by atoms with Gasteiger partial charge in [-0.1, -0.05) is 13.8 Å². The fraction of sp³-hybridized carbons (Fsp3) is 1.00. The van der Waals surface area contributed by atoms with Crippen LogP contribution in [-0.2, 0) is 0 Å². The van der Waals surface area contributed by atoms with E-state index in [0.29, 0.717) is 11.0 Å². The van der Waals surface area contributed by atoms with Crippen LogP contribution in [0.5, 0.6) is 0 Å². The molecular formula is C11H21NS. The summed E-state index contributed by atoms with van der Waals surface area (Å²) in [7, 11) is 0. The minimum absolute atomic E-state index is 0.454. The first-order valence-electron chi connectivity index (χ1n) is 5.36. The Morgan fingerprint density at radius 3 is 2.85 bits per heavy atom. The maximum Gasteiger partial charge on any atom is 0.0325 e. The Labute approximate surface area is 86.0 Å². The molecule has 0 unspecified atom stereocenters. The second-order valence-corrected chi connectivity index (χ2v) is 6.05. The lowest BCUT2D eigenvalue weighted by atomic mass is 9.68. The summed E-state index contributed by atoms with van der Waals surface area (Å²) < 4.78 is 0. The van der Waals surface area contributed by atoms with Crippen LogP contribution in [0.25, 0.3) is 0 Å². The van der Waals surface area contributed by atoms with Gasteiger partial charge in [-0.2, -0.15) is 11.8 Å². The standard InChI is InChI=1S/C11H21NS/c1-10(2)9-4-6-11(10,8-13-3)12-7-5-9/h9,12H,4-8H2,1-3H3/t9-,11+/m1/s1. The van der Waals surface area contributed by atoms with Gasteiger partial charge in [0.2, 0.25) is 0 Å². The number of hydrogen-bond donors (Lipinski definition) is 1. The molecule has 2 aliphatic rings. The molecular weight excluding hydrogens is 178 g/mol. The second-order valence-electron chi connectivity index (χ2n) is 5.19. The van der Waals surface area contributed by atoms with Gasteiger partial charge in [0, 0.05) is 11.3 Å². The highest BCUT2D eigenvalue weighted by atomic mass is 32.2. The summed E-state index contributed by atoms with van der Waals surface area (Å²) in [4.78, 5) is 0. The molecule has 2 heteroatoms. The minimum atomic E-state index is 0.454. The van der Waals surface area contributed by atoms with Crippen LogP contribution in [0.1, 0.15) is 33.1 Å². The first kappa shape index (κ1) is 9.85. The van der Waals surface area contributed by atoms with Gasteiger partial charge in [0.1, 0.15) is 0 Å². The normalized spacial score (nSPS) is 42.2. The molecule has 0 aromatic heterocycles. The summed E-state index contributed by atoms with van der Waals surface area (Å²) >= 11 is 2.00. The topological polar surface area (TPSA) is 12.0 Å². The van der Waals surface area contributed by atoms with E-state index in [-0.39, 0.29) is 0 Å². The van der Waals surface area contributed by atoms with Gasteiger partial charge in [0.05, 0.1) is 0 Å². The second kappa shape index (κ2) is 3.16. The molecule has 1 heterocycles. The van der Waals surface area contributed by atoms with Gasteiger partial charge in [-0.3, -0.25) is 0 Å². The molecule has 1 nitrogen and oxygen atoms in total. The summed E-state index contributed by atoms with van der Waals surface area (Å²) in [5.41, 5.74) is 0.976. The van der Waals surface area contributed by atoms with Crippen molar-refractivity contribution < 1.29 is 0 Å². The van der Waals surface area contributed by atoms with Gasteiger partial charge in [-0.05, 0) is 43.4 Å². The summed E-state index contributed by atoms with van der Waals surface area (Å²) in [5.74, 6) is 2.26. The van der Waals surface area contributed by atoms with Gasteiger partial charge in [0.15, 0.2) is 0 Å². The van der Waals surface area contributed by atoms with E-state index in [9.17, 15) is 0 Å². The highest BCUT2D eigenvalue weighted by Gasteiger charge is 2.55. The fourth-order valence-electron chi connectivity index (χ4n) is 3.36. The first-order valence-corrected chi connectivity index (χ1v) is 6.76. The summed E-state index contributed by atoms with van der Waals surface area (Å²) in [6.45, 7) is 6.18. The van der Waals surface area contributed by atoms with Crippen molar-refractivity contribution in [3.8, 4) is 0 Å². The zero-order chi connectivity index (χ0) is 9.53. The van der Waals surface area contributed by atoms with Crippen molar-refractivity contribution in [2.45, 2.75) is 38.6 Å². The third-order valence-electron chi connectivity index (χ3n) is 4.52. The van der Waals surface area contributed by atoms with Gasteiger partial charge < -0.3 is 5.32 Å². The third-order valence-corrected chi connectivity index (χ3v) is 5.30. The third kappa shape index (κ3) is 1.25. The van der Waals surface area contributed by atoms with Gasteiger partial charge in [-0.25, -0.2) is 0 Å². The van der Waals surface area contributed by atoms with E-state index >= 15 is 0 Å². The van der Waals surface area contributed by atoms with Crippen LogP contribution in [0.15, 0.2) is 0 Å². The summed E-state index contributed by atoms with van der Waals surface area (Å²) in [6, 6.07) is 0. The molecule has 0 spiro atoms. The molecule has 2 rings (SSSR count).